The Labute approximate surface area is 148 Å². The van der Waals surface area contributed by atoms with Gasteiger partial charge in [-0.2, -0.15) is 13.2 Å². The summed E-state index contributed by atoms with van der Waals surface area (Å²) in [6, 6.07) is 7.10. The van der Waals surface area contributed by atoms with Gasteiger partial charge >= 0.3 is 11.0 Å². The summed E-state index contributed by atoms with van der Waals surface area (Å²) < 4.78 is 99.2. The molecule has 1 aromatic carbocycles. The van der Waals surface area contributed by atoms with Gasteiger partial charge in [-0.15, -0.1) is 13.2 Å². The molecule has 0 N–H and O–H groups in total. The average molecular weight is 420 g/mol. The van der Waals surface area contributed by atoms with E-state index in [0.29, 0.717) is 9.58 Å². The maximum absolute atomic E-state index is 13.3. The fourth-order valence-corrected chi connectivity index (χ4v) is 4.68. The van der Waals surface area contributed by atoms with E-state index in [1.165, 1.54) is 0 Å². The van der Waals surface area contributed by atoms with Gasteiger partial charge in [0.2, 0.25) is 0 Å². The Morgan fingerprint density at radius 3 is 2.00 bits per heavy atom. The zero-order chi connectivity index (χ0) is 19.9. The Morgan fingerprint density at radius 1 is 1.08 bits per heavy atom. The lowest BCUT2D eigenvalue weighted by Gasteiger charge is -2.21. The van der Waals surface area contributed by atoms with Gasteiger partial charge in [-0.05, 0) is 31.9 Å². The molecule has 0 saturated heterocycles. The molecular weight excluding hydrogens is 406 g/mol. The molecule has 11 heteroatoms. The molecule has 1 aromatic heterocycles. The van der Waals surface area contributed by atoms with Crippen LogP contribution in [0.25, 0.3) is 10.1 Å². The Bertz CT molecular complexity index is 892. The molecule has 0 radical (unpaired) electrons. The third kappa shape index (κ3) is 4.49. The summed E-state index contributed by atoms with van der Waals surface area (Å²) in [6.07, 6.45) is 2.89. The van der Waals surface area contributed by atoms with Crippen LogP contribution in [-0.2, 0) is 15.6 Å². The first-order valence-electron chi connectivity index (χ1n) is 7.37. The van der Waals surface area contributed by atoms with Gasteiger partial charge in [0, 0.05) is 17.4 Å². The highest BCUT2D eigenvalue weighted by Gasteiger charge is 2.50. The molecule has 0 aliphatic heterocycles. The minimum absolute atomic E-state index is 0.155. The lowest BCUT2D eigenvalue weighted by Crippen LogP contribution is -2.21. The number of thiophene rings is 1. The first kappa shape index (κ1) is 21.0. The maximum atomic E-state index is 13.3. The van der Waals surface area contributed by atoms with Gasteiger partial charge in [-0.3, -0.25) is 0 Å². The molecule has 3 nitrogen and oxygen atoms in total. The zero-order valence-corrected chi connectivity index (χ0v) is 15.0. The predicted molar refractivity (Wildman–Crippen MR) is 84.8 cm³/mol. The van der Waals surface area contributed by atoms with Crippen LogP contribution < -0.4 is 0 Å². The molecule has 0 bridgehead atoms. The molecule has 0 amide bonds. The van der Waals surface area contributed by atoms with Crippen molar-refractivity contribution in [3.05, 3.63) is 34.7 Å². The predicted octanol–water partition coefficient (Wildman–Crippen LogP) is 5.69. The monoisotopic (exact) mass is 420 g/mol. The number of alkyl halides is 6. The first-order chi connectivity index (χ1) is 11.7. The summed E-state index contributed by atoms with van der Waals surface area (Å²) in [6.45, 7) is 1.92. The van der Waals surface area contributed by atoms with Crippen molar-refractivity contribution >= 4 is 30.7 Å². The fourth-order valence-electron chi connectivity index (χ4n) is 2.54. The van der Waals surface area contributed by atoms with Crippen molar-refractivity contribution in [3.8, 4) is 0 Å². The number of halogens is 6. The third-order valence-corrected chi connectivity index (χ3v) is 6.71. The summed E-state index contributed by atoms with van der Waals surface area (Å²) in [5.74, 6) is 0.155. The number of hydrogen-bond acceptors (Lipinski definition) is 3. The van der Waals surface area contributed by atoms with Gasteiger partial charge in [-0.25, -0.2) is 8.42 Å². The van der Waals surface area contributed by atoms with Crippen LogP contribution in [0.1, 0.15) is 35.6 Å². The quantitative estimate of drug-likeness (QED) is 0.258. The molecule has 1 aliphatic carbocycles. The largest absolute Gasteiger partial charge is 0.741 e. The van der Waals surface area contributed by atoms with Crippen LogP contribution >= 0.6 is 10.5 Å². The molecule has 3 rings (SSSR count). The Morgan fingerprint density at radius 2 is 1.62 bits per heavy atom. The normalized spacial score (nSPS) is 16.8. The van der Waals surface area contributed by atoms with Crippen molar-refractivity contribution in [3.63, 3.8) is 0 Å². The second-order valence-corrected chi connectivity index (χ2v) is 9.23. The number of rotatable bonds is 1. The highest BCUT2D eigenvalue weighted by atomic mass is 32.2. The summed E-state index contributed by atoms with van der Waals surface area (Å²) in [4.78, 5) is 0.620. The van der Waals surface area contributed by atoms with Crippen molar-refractivity contribution in [2.75, 3.05) is 0 Å². The second kappa shape index (κ2) is 7.01. The van der Waals surface area contributed by atoms with E-state index in [4.69, 9.17) is 13.0 Å². The molecule has 1 atom stereocenters. The van der Waals surface area contributed by atoms with E-state index < -0.39 is 31.6 Å². The molecule has 1 heterocycles. The molecule has 2 aromatic rings. The minimum Gasteiger partial charge on any atom is -0.741 e. The van der Waals surface area contributed by atoms with Gasteiger partial charge in [-0.1, -0.05) is 18.1 Å². The van der Waals surface area contributed by atoms with Gasteiger partial charge in [0.1, 0.15) is 0 Å². The van der Waals surface area contributed by atoms with Crippen LogP contribution in [0.4, 0.5) is 26.3 Å². The molecule has 1 unspecified atom stereocenters. The van der Waals surface area contributed by atoms with Crippen LogP contribution in [0.2, 0.25) is 0 Å². The smallest absolute Gasteiger partial charge is 0.600 e. The van der Waals surface area contributed by atoms with Crippen molar-refractivity contribution in [1.82, 2.24) is 0 Å². The van der Waals surface area contributed by atoms with Gasteiger partial charge in [0.15, 0.2) is 19.7 Å². The number of fused-ring (bicyclic) bond motifs is 1. The van der Waals surface area contributed by atoms with E-state index in [-0.39, 0.29) is 5.92 Å². The summed E-state index contributed by atoms with van der Waals surface area (Å²) >= 11 is 0. The molecule has 1 aliphatic rings. The highest BCUT2D eigenvalue weighted by molar-refractivity contribution is 7.86. The number of hydrogen-bond donors (Lipinski definition) is 0. The average Bonchev–Trinajstić information content (AvgIpc) is 2.72. The van der Waals surface area contributed by atoms with Crippen molar-refractivity contribution < 1.29 is 39.3 Å². The van der Waals surface area contributed by atoms with E-state index in [0.717, 1.165) is 30.2 Å². The molecular formula is C15H14F6O3S2. The minimum atomic E-state index is -6.09. The molecule has 1 saturated carbocycles. The summed E-state index contributed by atoms with van der Waals surface area (Å²) in [7, 11) is -7.77. The SMILES string of the molecule is Cc1ccc2c(c1)cc(C1CCC1)[s+]2C(F)(F)F.O=S(=O)([O-])C(F)(F)F. The lowest BCUT2D eigenvalue weighted by atomic mass is 9.84. The van der Waals surface area contributed by atoms with Gasteiger partial charge in [0.25, 0.3) is 0 Å². The van der Waals surface area contributed by atoms with E-state index in [1.807, 2.05) is 13.0 Å². The van der Waals surface area contributed by atoms with E-state index in [1.54, 1.807) is 18.2 Å². The van der Waals surface area contributed by atoms with Crippen LogP contribution in [0.5, 0.6) is 0 Å². The van der Waals surface area contributed by atoms with Crippen LogP contribution in [0, 0.1) is 6.92 Å². The fraction of sp³-hybridized carbons (Fsp3) is 0.467. The van der Waals surface area contributed by atoms with E-state index >= 15 is 0 Å². The maximum Gasteiger partial charge on any atom is 0.600 e. The topological polar surface area (TPSA) is 57.2 Å². The lowest BCUT2D eigenvalue weighted by molar-refractivity contribution is -0.0868. The summed E-state index contributed by atoms with van der Waals surface area (Å²) in [5, 5.41) is 0.776. The molecule has 146 valence electrons. The van der Waals surface area contributed by atoms with Crippen LogP contribution in [0.3, 0.4) is 0 Å². The first-order valence-corrected chi connectivity index (χ1v) is 10.0. The molecule has 0 spiro atoms. The highest BCUT2D eigenvalue weighted by Crippen LogP contribution is 2.56. The van der Waals surface area contributed by atoms with Crippen molar-refractivity contribution in [1.29, 1.82) is 0 Å². The standard InChI is InChI=1S/C14H14F3S.CHF3O3S/c1-9-5-6-12-11(7-9)8-13(10-3-2-4-10)18(12)14(15,16)17;2-1(3,4)8(5,6)7/h5-8,10H,2-4H2,1H3;(H,5,6,7)/q+1;/p-1. The Balaban J connectivity index is 0.000000260. The zero-order valence-electron chi connectivity index (χ0n) is 13.3. The van der Waals surface area contributed by atoms with E-state index in [9.17, 15) is 26.3 Å². The molecule has 1 fully saturated rings. The third-order valence-electron chi connectivity index (χ3n) is 3.94. The second-order valence-electron chi connectivity index (χ2n) is 5.87. The number of benzene rings is 1. The van der Waals surface area contributed by atoms with Gasteiger partial charge < -0.3 is 4.55 Å². The van der Waals surface area contributed by atoms with Gasteiger partial charge in [0.05, 0.1) is 10.5 Å². The van der Waals surface area contributed by atoms with Crippen LogP contribution in [0.15, 0.2) is 24.3 Å². The Kier molecular flexibility index (Phi) is 5.65. The van der Waals surface area contributed by atoms with E-state index in [2.05, 4.69) is 0 Å². The summed E-state index contributed by atoms with van der Waals surface area (Å²) in [5.41, 5.74) is -8.76. The molecule has 26 heavy (non-hydrogen) atoms. The number of aryl methyl sites for hydroxylation is 1. The van der Waals surface area contributed by atoms with Crippen LogP contribution in [-0.4, -0.2) is 18.5 Å². The Hall–Kier alpha value is -1.33. The van der Waals surface area contributed by atoms with Crippen molar-refractivity contribution in [2.24, 2.45) is 0 Å². The van der Waals surface area contributed by atoms with Crippen molar-refractivity contribution in [2.45, 2.75) is 43.1 Å².